The Bertz CT molecular complexity index is 272. The summed E-state index contributed by atoms with van der Waals surface area (Å²) in [4.78, 5) is 10.9. The van der Waals surface area contributed by atoms with Gasteiger partial charge in [0.05, 0.1) is 7.11 Å². The maximum absolute atomic E-state index is 10.9. The second-order valence-electron chi connectivity index (χ2n) is 2.04. The summed E-state index contributed by atoms with van der Waals surface area (Å²) >= 11 is 1.57. The van der Waals surface area contributed by atoms with Crippen molar-refractivity contribution in [1.82, 2.24) is 10.2 Å². The van der Waals surface area contributed by atoms with Gasteiger partial charge in [0.15, 0.2) is 0 Å². The topological polar surface area (TPSA) is 55.0 Å². The summed E-state index contributed by atoms with van der Waals surface area (Å²) < 4.78 is 4.51. The fourth-order valence-corrected chi connectivity index (χ4v) is 1.35. The highest BCUT2D eigenvalue weighted by molar-refractivity contribution is 7.99. The minimum absolute atomic E-state index is 0.384. The number of nitrogens with one attached hydrogen (secondary N) is 1. The lowest BCUT2D eigenvalue weighted by Crippen LogP contribution is -2.00. The third kappa shape index (κ3) is 2.01. The van der Waals surface area contributed by atoms with Crippen LogP contribution in [0.15, 0.2) is 11.1 Å². The molecular weight excluding hydrogens is 176 g/mol. The summed E-state index contributed by atoms with van der Waals surface area (Å²) in [6.07, 6.45) is 0. The lowest BCUT2D eigenvalue weighted by Gasteiger charge is -1.90. The van der Waals surface area contributed by atoms with Crippen molar-refractivity contribution in [2.75, 3.05) is 12.9 Å². The Kier molecular flexibility index (Phi) is 3.16. The van der Waals surface area contributed by atoms with Crippen LogP contribution in [-0.2, 0) is 4.74 Å². The summed E-state index contributed by atoms with van der Waals surface area (Å²) in [6.45, 7) is 2.02. The molecule has 66 valence electrons. The summed E-state index contributed by atoms with van der Waals surface area (Å²) in [5.41, 5.74) is 0.397. The zero-order chi connectivity index (χ0) is 8.97. The number of thioether (sulfide) groups is 1. The summed E-state index contributed by atoms with van der Waals surface area (Å²) in [6, 6.07) is 1.68. The number of methoxy groups -OCH3 is 1. The van der Waals surface area contributed by atoms with Crippen LogP contribution >= 0.6 is 11.8 Å². The van der Waals surface area contributed by atoms with Gasteiger partial charge in [-0.25, -0.2) is 4.79 Å². The number of rotatable bonds is 3. The molecule has 1 N–H and O–H groups in total. The second kappa shape index (κ2) is 4.15. The third-order valence-corrected chi connectivity index (χ3v) is 2.05. The van der Waals surface area contributed by atoms with E-state index in [9.17, 15) is 4.79 Å². The fourth-order valence-electron chi connectivity index (χ4n) is 0.740. The molecule has 0 saturated heterocycles. The molecule has 1 heterocycles. The van der Waals surface area contributed by atoms with Gasteiger partial charge in [-0.1, -0.05) is 6.92 Å². The Morgan fingerprint density at radius 1 is 1.83 bits per heavy atom. The minimum atomic E-state index is -0.384. The van der Waals surface area contributed by atoms with Gasteiger partial charge >= 0.3 is 5.97 Å². The zero-order valence-corrected chi connectivity index (χ0v) is 7.77. The van der Waals surface area contributed by atoms with Crippen LogP contribution in [-0.4, -0.2) is 29.0 Å². The molecule has 0 atom stereocenters. The van der Waals surface area contributed by atoms with E-state index >= 15 is 0 Å². The van der Waals surface area contributed by atoms with Crippen LogP contribution in [0.25, 0.3) is 0 Å². The van der Waals surface area contributed by atoms with E-state index in [2.05, 4.69) is 14.9 Å². The predicted molar refractivity (Wildman–Crippen MR) is 46.3 cm³/mol. The molecular formula is C7H10N2O2S. The van der Waals surface area contributed by atoms with Crippen LogP contribution in [0, 0.1) is 0 Å². The lowest BCUT2D eigenvalue weighted by atomic mass is 10.4. The molecule has 0 aliphatic rings. The van der Waals surface area contributed by atoms with E-state index in [-0.39, 0.29) is 5.97 Å². The number of H-pyrrole nitrogens is 1. The summed E-state index contributed by atoms with van der Waals surface area (Å²) in [5, 5.41) is 7.33. The SMILES string of the molecule is CCSc1cc(C(=O)OC)[nH]n1. The van der Waals surface area contributed by atoms with Crippen LogP contribution in [0.1, 0.15) is 17.4 Å². The highest BCUT2D eigenvalue weighted by atomic mass is 32.2. The molecule has 0 saturated carbocycles. The molecule has 0 spiro atoms. The molecule has 1 aromatic heterocycles. The highest BCUT2D eigenvalue weighted by Gasteiger charge is 2.08. The van der Waals surface area contributed by atoms with Gasteiger partial charge in [-0.15, -0.1) is 11.8 Å². The summed E-state index contributed by atoms with van der Waals surface area (Å²) in [5.74, 6) is 0.552. The van der Waals surface area contributed by atoms with Crippen molar-refractivity contribution in [2.45, 2.75) is 11.9 Å². The molecule has 1 rings (SSSR count). The smallest absolute Gasteiger partial charge is 0.356 e. The third-order valence-electron chi connectivity index (χ3n) is 1.25. The lowest BCUT2D eigenvalue weighted by molar-refractivity contribution is 0.0594. The average Bonchev–Trinajstić information content (AvgIpc) is 2.52. The summed E-state index contributed by atoms with van der Waals surface area (Å²) in [7, 11) is 1.34. The Morgan fingerprint density at radius 2 is 2.58 bits per heavy atom. The Balaban J connectivity index is 2.70. The molecule has 0 fully saturated rings. The van der Waals surface area contributed by atoms with Gasteiger partial charge in [0.2, 0.25) is 0 Å². The first-order chi connectivity index (χ1) is 5.77. The monoisotopic (exact) mass is 186 g/mol. The first-order valence-corrected chi connectivity index (χ1v) is 4.53. The number of nitrogens with zero attached hydrogens (tertiary/aromatic N) is 1. The van der Waals surface area contributed by atoms with Gasteiger partial charge in [-0.3, -0.25) is 5.10 Å². The molecule has 0 unspecified atom stereocenters. The number of ether oxygens (including phenoxy) is 1. The molecule has 0 aliphatic carbocycles. The van der Waals surface area contributed by atoms with Crippen molar-refractivity contribution < 1.29 is 9.53 Å². The van der Waals surface area contributed by atoms with Gasteiger partial charge in [-0.2, -0.15) is 5.10 Å². The Morgan fingerprint density at radius 3 is 3.17 bits per heavy atom. The van der Waals surface area contributed by atoms with Crippen molar-refractivity contribution in [3.05, 3.63) is 11.8 Å². The number of carbonyl (C=O) groups is 1. The van der Waals surface area contributed by atoms with E-state index in [1.165, 1.54) is 7.11 Å². The molecule has 0 radical (unpaired) electrons. The number of carbonyl (C=O) groups excluding carboxylic acids is 1. The molecule has 0 amide bonds. The molecule has 5 heteroatoms. The van der Waals surface area contributed by atoms with Gasteiger partial charge in [0.1, 0.15) is 10.7 Å². The number of hydrogen-bond acceptors (Lipinski definition) is 4. The highest BCUT2D eigenvalue weighted by Crippen LogP contribution is 2.15. The molecule has 4 nitrogen and oxygen atoms in total. The molecule has 0 bridgehead atoms. The maximum atomic E-state index is 10.9. The van der Waals surface area contributed by atoms with Gasteiger partial charge in [0.25, 0.3) is 0 Å². The van der Waals surface area contributed by atoms with Crippen LogP contribution in [0.4, 0.5) is 0 Å². The molecule has 1 aromatic rings. The minimum Gasteiger partial charge on any atom is -0.464 e. The number of aromatic amines is 1. The van der Waals surface area contributed by atoms with Crippen molar-refractivity contribution >= 4 is 17.7 Å². The van der Waals surface area contributed by atoms with Crippen molar-refractivity contribution in [1.29, 1.82) is 0 Å². The maximum Gasteiger partial charge on any atom is 0.356 e. The number of aromatic nitrogens is 2. The van der Waals surface area contributed by atoms with E-state index in [4.69, 9.17) is 0 Å². The van der Waals surface area contributed by atoms with Gasteiger partial charge < -0.3 is 4.74 Å². The van der Waals surface area contributed by atoms with E-state index < -0.39 is 0 Å². The second-order valence-corrected chi connectivity index (χ2v) is 3.33. The standard InChI is InChI=1S/C7H10N2O2S/c1-3-12-6-4-5(8-9-6)7(10)11-2/h4H,3H2,1-2H3,(H,8,9). The molecule has 0 aromatic carbocycles. The predicted octanol–water partition coefficient (Wildman–Crippen LogP) is 1.31. The van der Waals surface area contributed by atoms with Crippen LogP contribution in [0.3, 0.4) is 0 Å². The molecule has 12 heavy (non-hydrogen) atoms. The van der Waals surface area contributed by atoms with Crippen molar-refractivity contribution in [3.8, 4) is 0 Å². The fraction of sp³-hybridized carbons (Fsp3) is 0.429. The first-order valence-electron chi connectivity index (χ1n) is 3.54. The quantitative estimate of drug-likeness (QED) is 0.571. The van der Waals surface area contributed by atoms with Gasteiger partial charge in [-0.05, 0) is 5.75 Å². The zero-order valence-electron chi connectivity index (χ0n) is 6.96. The normalized spacial score (nSPS) is 9.83. The van der Waals surface area contributed by atoms with Crippen LogP contribution < -0.4 is 0 Å². The van der Waals surface area contributed by atoms with Gasteiger partial charge in [0, 0.05) is 6.07 Å². The average molecular weight is 186 g/mol. The van der Waals surface area contributed by atoms with E-state index in [1.54, 1.807) is 17.8 Å². The van der Waals surface area contributed by atoms with Crippen molar-refractivity contribution in [3.63, 3.8) is 0 Å². The largest absolute Gasteiger partial charge is 0.464 e. The Labute approximate surface area is 74.7 Å². The molecule has 0 aliphatic heterocycles. The first kappa shape index (κ1) is 9.12. The Hall–Kier alpha value is -0.970. The van der Waals surface area contributed by atoms with Crippen LogP contribution in [0.5, 0.6) is 0 Å². The van der Waals surface area contributed by atoms with Crippen LogP contribution in [0.2, 0.25) is 0 Å². The number of hydrogen-bond donors (Lipinski definition) is 1. The van der Waals surface area contributed by atoms with Crippen molar-refractivity contribution in [2.24, 2.45) is 0 Å². The number of esters is 1. The van der Waals surface area contributed by atoms with E-state index in [0.29, 0.717) is 5.69 Å². The van der Waals surface area contributed by atoms with E-state index in [1.807, 2.05) is 6.92 Å². The van der Waals surface area contributed by atoms with E-state index in [0.717, 1.165) is 10.8 Å².